The van der Waals surface area contributed by atoms with Crippen LogP contribution in [0.2, 0.25) is 0 Å². The van der Waals surface area contributed by atoms with E-state index in [9.17, 15) is 13.2 Å². The molecule has 1 amide bonds. The van der Waals surface area contributed by atoms with Crippen LogP contribution in [-0.4, -0.2) is 31.9 Å². The van der Waals surface area contributed by atoms with Crippen molar-refractivity contribution in [3.05, 3.63) is 0 Å². The van der Waals surface area contributed by atoms with E-state index < -0.39 is 26.4 Å². The average molecular weight is 246 g/mol. The summed E-state index contributed by atoms with van der Waals surface area (Å²) >= 11 is 0. The van der Waals surface area contributed by atoms with Crippen LogP contribution in [0.25, 0.3) is 0 Å². The maximum Gasteiger partial charge on any atom is 0.237 e. The fourth-order valence-corrected chi connectivity index (χ4v) is 1.22. The lowest BCUT2D eigenvalue weighted by Gasteiger charge is -2.23. The average Bonchev–Trinajstić information content (AvgIpc) is 2.15. The first-order valence-electron chi connectivity index (χ1n) is 5.02. The molecule has 0 aliphatic rings. The lowest BCUT2D eigenvalue weighted by atomic mass is 10.1. The molecule has 0 aromatic rings. The van der Waals surface area contributed by atoms with E-state index in [1.165, 1.54) is 13.8 Å². The predicted molar refractivity (Wildman–Crippen MR) is 61.3 cm³/mol. The molecule has 0 saturated carbocycles. The molecule has 1 N–H and O–H groups in total. The Labute approximate surface area is 96.8 Å². The normalized spacial score (nSPS) is 13.9. The van der Waals surface area contributed by atoms with Crippen LogP contribution in [0.4, 0.5) is 0 Å². The zero-order chi connectivity index (χ0) is 13.0. The molecule has 0 rings (SSSR count). The van der Waals surface area contributed by atoms with E-state index >= 15 is 0 Å². The van der Waals surface area contributed by atoms with Gasteiger partial charge in [0.05, 0.1) is 10.8 Å². The van der Waals surface area contributed by atoms with Crippen molar-refractivity contribution in [1.82, 2.24) is 5.32 Å². The quantitative estimate of drug-likeness (QED) is 0.764. The van der Waals surface area contributed by atoms with Gasteiger partial charge in [0.1, 0.15) is 5.92 Å². The van der Waals surface area contributed by atoms with Gasteiger partial charge in [0.15, 0.2) is 9.84 Å². The Morgan fingerprint density at radius 2 is 2.00 bits per heavy atom. The minimum absolute atomic E-state index is 0.0167. The molecule has 6 heteroatoms. The second-order valence-corrected chi connectivity index (χ2v) is 6.99. The van der Waals surface area contributed by atoms with E-state index in [0.717, 1.165) is 6.26 Å². The summed E-state index contributed by atoms with van der Waals surface area (Å²) in [6.07, 6.45) is 1.54. The third-order valence-electron chi connectivity index (χ3n) is 2.57. The van der Waals surface area contributed by atoms with Gasteiger partial charge in [-0.05, 0) is 20.3 Å². The predicted octanol–water partition coefficient (Wildman–Crippen LogP) is 0.476. The molecule has 92 valence electrons. The minimum atomic E-state index is -3.23. The largest absolute Gasteiger partial charge is 0.353 e. The summed E-state index contributed by atoms with van der Waals surface area (Å²) in [6, 6.07) is 1.87. The molecule has 16 heavy (non-hydrogen) atoms. The Morgan fingerprint density at radius 3 is 2.31 bits per heavy atom. The van der Waals surface area contributed by atoms with Crippen molar-refractivity contribution in [3.8, 4) is 6.07 Å². The van der Waals surface area contributed by atoms with Gasteiger partial charge in [0, 0.05) is 12.8 Å². The number of sulfone groups is 1. The number of nitrogens with zero attached hydrogens (tertiary/aromatic N) is 1. The first-order chi connectivity index (χ1) is 7.15. The van der Waals surface area contributed by atoms with Gasteiger partial charge in [0.25, 0.3) is 0 Å². The van der Waals surface area contributed by atoms with Gasteiger partial charge in [0.2, 0.25) is 5.91 Å². The molecule has 0 bridgehead atoms. The van der Waals surface area contributed by atoms with Gasteiger partial charge in [-0.1, -0.05) is 6.92 Å². The monoisotopic (exact) mass is 246 g/mol. The third kappa shape index (κ3) is 3.81. The van der Waals surface area contributed by atoms with Gasteiger partial charge < -0.3 is 5.32 Å². The van der Waals surface area contributed by atoms with Gasteiger partial charge in [-0.25, -0.2) is 8.42 Å². The Morgan fingerprint density at radius 1 is 1.50 bits per heavy atom. The third-order valence-corrected chi connectivity index (χ3v) is 4.72. The van der Waals surface area contributed by atoms with Crippen LogP contribution >= 0.6 is 0 Å². The van der Waals surface area contributed by atoms with Crippen LogP contribution in [-0.2, 0) is 14.6 Å². The molecule has 0 radical (unpaired) electrons. The molecule has 0 spiro atoms. The lowest BCUT2D eigenvalue weighted by molar-refractivity contribution is -0.123. The summed E-state index contributed by atoms with van der Waals surface area (Å²) < 4.78 is 21.7. The highest BCUT2D eigenvalue weighted by Gasteiger charge is 2.31. The van der Waals surface area contributed by atoms with Crippen LogP contribution in [0.1, 0.15) is 27.2 Å². The van der Waals surface area contributed by atoms with Gasteiger partial charge in [-0.3, -0.25) is 4.79 Å². The SMILES string of the molecule is CCC(C#N)C(=O)NCC(C)(C)S(C)(=O)=O. The number of hydrogen-bond acceptors (Lipinski definition) is 4. The van der Waals surface area contributed by atoms with Gasteiger partial charge >= 0.3 is 0 Å². The molecule has 0 aromatic carbocycles. The molecule has 0 saturated heterocycles. The van der Waals surface area contributed by atoms with Crippen LogP contribution in [0.5, 0.6) is 0 Å². The zero-order valence-electron chi connectivity index (χ0n) is 10.1. The second kappa shape index (κ2) is 5.30. The number of hydrogen-bond donors (Lipinski definition) is 1. The molecule has 0 heterocycles. The summed E-state index contributed by atoms with van der Waals surface area (Å²) in [6.45, 7) is 4.82. The number of carbonyl (C=O) groups excluding carboxylic acids is 1. The minimum Gasteiger partial charge on any atom is -0.353 e. The number of carbonyl (C=O) groups is 1. The number of nitriles is 1. The lowest BCUT2D eigenvalue weighted by Crippen LogP contribution is -2.45. The van der Waals surface area contributed by atoms with Crippen molar-refractivity contribution in [3.63, 3.8) is 0 Å². The van der Waals surface area contributed by atoms with E-state index in [4.69, 9.17) is 5.26 Å². The summed E-state index contributed by atoms with van der Waals surface area (Å²) in [5, 5.41) is 11.1. The van der Waals surface area contributed by atoms with Gasteiger partial charge in [-0.15, -0.1) is 0 Å². The Hall–Kier alpha value is -1.09. The second-order valence-electron chi connectivity index (χ2n) is 4.34. The van der Waals surface area contributed by atoms with Crippen molar-refractivity contribution in [2.45, 2.75) is 31.9 Å². The molecule has 0 aliphatic heterocycles. The number of rotatable bonds is 5. The molecule has 5 nitrogen and oxygen atoms in total. The zero-order valence-corrected chi connectivity index (χ0v) is 10.9. The molecule has 1 atom stereocenters. The maximum absolute atomic E-state index is 11.5. The molecule has 1 unspecified atom stereocenters. The van der Waals surface area contributed by atoms with E-state index in [1.807, 2.05) is 6.07 Å². The molecule has 0 aromatic heterocycles. The van der Waals surface area contributed by atoms with E-state index in [2.05, 4.69) is 5.32 Å². The first-order valence-corrected chi connectivity index (χ1v) is 6.91. The summed E-state index contributed by atoms with van der Waals surface area (Å²) in [7, 11) is -3.23. The van der Waals surface area contributed by atoms with Crippen molar-refractivity contribution in [1.29, 1.82) is 5.26 Å². The number of nitrogens with one attached hydrogen (secondary N) is 1. The highest BCUT2D eigenvalue weighted by Crippen LogP contribution is 2.13. The Bertz CT molecular complexity index is 393. The van der Waals surface area contributed by atoms with E-state index in [-0.39, 0.29) is 6.54 Å². The van der Waals surface area contributed by atoms with E-state index in [0.29, 0.717) is 6.42 Å². The summed E-state index contributed by atoms with van der Waals surface area (Å²) in [5.74, 6) is -1.13. The van der Waals surface area contributed by atoms with Crippen LogP contribution in [0.3, 0.4) is 0 Å². The highest BCUT2D eigenvalue weighted by atomic mass is 32.2. The molecule has 0 aliphatic carbocycles. The molecular formula is C10H18N2O3S. The topological polar surface area (TPSA) is 87.0 Å². The van der Waals surface area contributed by atoms with Gasteiger partial charge in [-0.2, -0.15) is 5.26 Å². The molecular weight excluding hydrogens is 228 g/mol. The first kappa shape index (κ1) is 14.9. The van der Waals surface area contributed by atoms with Crippen molar-refractivity contribution >= 4 is 15.7 Å². The maximum atomic E-state index is 11.5. The fourth-order valence-electron chi connectivity index (χ4n) is 0.890. The fraction of sp³-hybridized carbons (Fsp3) is 0.800. The van der Waals surface area contributed by atoms with E-state index in [1.54, 1.807) is 6.92 Å². The van der Waals surface area contributed by atoms with Crippen molar-refractivity contribution in [2.75, 3.05) is 12.8 Å². The van der Waals surface area contributed by atoms with Crippen LogP contribution < -0.4 is 5.32 Å². The summed E-state index contributed by atoms with van der Waals surface area (Å²) in [5.41, 5.74) is 0. The van der Waals surface area contributed by atoms with Crippen molar-refractivity contribution in [2.24, 2.45) is 5.92 Å². The van der Waals surface area contributed by atoms with Crippen LogP contribution in [0, 0.1) is 17.2 Å². The molecule has 0 fully saturated rings. The standard InChI is InChI=1S/C10H18N2O3S/c1-5-8(6-11)9(13)12-7-10(2,3)16(4,14)15/h8H,5,7H2,1-4H3,(H,12,13). The Balaban J connectivity index is 4.49. The van der Waals surface area contributed by atoms with Crippen LogP contribution in [0.15, 0.2) is 0 Å². The van der Waals surface area contributed by atoms with Crippen molar-refractivity contribution < 1.29 is 13.2 Å². The smallest absolute Gasteiger partial charge is 0.237 e. The Kier molecular flexibility index (Phi) is 4.94. The summed E-state index contributed by atoms with van der Waals surface area (Å²) in [4.78, 5) is 11.5. The number of amides is 1. The highest BCUT2D eigenvalue weighted by molar-refractivity contribution is 7.92.